The monoisotopic (exact) mass is 353 g/mol. The minimum atomic E-state index is -0.156. The van der Waals surface area contributed by atoms with Crippen molar-refractivity contribution in [2.24, 2.45) is 0 Å². The lowest BCUT2D eigenvalue weighted by molar-refractivity contribution is 0.103. The normalized spacial score (nSPS) is 10.3. The standard InChI is InChI=1S/C20H19NO3S/c1-14-6-5-7-16(10-14)24-12-15-11-19(25-13-15)20(22)21-17-8-3-4-9-18(17)23-2/h3-11,13H,12H2,1-2H3,(H,21,22). The molecule has 3 rings (SSSR count). The minimum Gasteiger partial charge on any atom is -0.495 e. The second-order valence-corrected chi connectivity index (χ2v) is 6.49. The second-order valence-electron chi connectivity index (χ2n) is 5.58. The number of carbonyl (C=O) groups is 1. The molecule has 0 fully saturated rings. The van der Waals surface area contributed by atoms with Crippen molar-refractivity contribution in [2.45, 2.75) is 13.5 Å². The first kappa shape index (κ1) is 17.0. The quantitative estimate of drug-likeness (QED) is 0.686. The third-order valence-electron chi connectivity index (χ3n) is 3.63. The van der Waals surface area contributed by atoms with E-state index in [4.69, 9.17) is 9.47 Å². The van der Waals surface area contributed by atoms with E-state index in [1.54, 1.807) is 7.11 Å². The van der Waals surface area contributed by atoms with Gasteiger partial charge in [-0.05, 0) is 48.2 Å². The van der Waals surface area contributed by atoms with E-state index in [1.807, 2.05) is 66.9 Å². The molecule has 0 aliphatic rings. The average molecular weight is 353 g/mol. The predicted octanol–water partition coefficient (Wildman–Crippen LogP) is 4.90. The van der Waals surface area contributed by atoms with Crippen LogP contribution in [0.2, 0.25) is 0 Å². The van der Waals surface area contributed by atoms with Gasteiger partial charge in [0.05, 0.1) is 17.7 Å². The number of nitrogens with one attached hydrogen (secondary N) is 1. The zero-order chi connectivity index (χ0) is 17.6. The fourth-order valence-corrected chi connectivity index (χ4v) is 3.17. The van der Waals surface area contributed by atoms with Gasteiger partial charge in [0.25, 0.3) is 5.91 Å². The summed E-state index contributed by atoms with van der Waals surface area (Å²) < 4.78 is 11.0. The lowest BCUT2D eigenvalue weighted by Crippen LogP contribution is -2.11. The Morgan fingerprint density at radius 3 is 2.76 bits per heavy atom. The third-order valence-corrected chi connectivity index (χ3v) is 4.61. The van der Waals surface area contributed by atoms with Crippen molar-refractivity contribution in [3.05, 3.63) is 76.0 Å². The number of anilines is 1. The molecule has 0 atom stereocenters. The highest BCUT2D eigenvalue weighted by molar-refractivity contribution is 7.12. The maximum absolute atomic E-state index is 12.4. The summed E-state index contributed by atoms with van der Waals surface area (Å²) in [6.45, 7) is 2.46. The summed E-state index contributed by atoms with van der Waals surface area (Å²) in [5.74, 6) is 1.30. The first-order valence-electron chi connectivity index (χ1n) is 7.87. The molecule has 1 amide bonds. The van der Waals surface area contributed by atoms with Gasteiger partial charge in [-0.15, -0.1) is 11.3 Å². The van der Waals surface area contributed by atoms with Crippen molar-refractivity contribution >= 4 is 22.9 Å². The molecule has 0 radical (unpaired) electrons. The van der Waals surface area contributed by atoms with Crippen LogP contribution in [0.25, 0.3) is 0 Å². The number of hydrogen-bond donors (Lipinski definition) is 1. The minimum absolute atomic E-state index is 0.156. The topological polar surface area (TPSA) is 47.6 Å². The number of hydrogen-bond acceptors (Lipinski definition) is 4. The van der Waals surface area contributed by atoms with E-state index in [2.05, 4.69) is 5.32 Å². The van der Waals surface area contributed by atoms with Gasteiger partial charge in [0.2, 0.25) is 0 Å². The molecule has 0 aliphatic carbocycles. The van der Waals surface area contributed by atoms with Gasteiger partial charge in [-0.25, -0.2) is 0 Å². The van der Waals surface area contributed by atoms with E-state index < -0.39 is 0 Å². The van der Waals surface area contributed by atoms with Crippen LogP contribution >= 0.6 is 11.3 Å². The molecule has 0 saturated heterocycles. The molecule has 2 aromatic carbocycles. The number of amides is 1. The summed E-state index contributed by atoms with van der Waals surface area (Å²) in [6, 6.07) is 17.1. The number of methoxy groups -OCH3 is 1. The Hall–Kier alpha value is -2.79. The molecule has 0 bridgehead atoms. The van der Waals surface area contributed by atoms with Gasteiger partial charge in [-0.1, -0.05) is 24.3 Å². The van der Waals surface area contributed by atoms with Crippen molar-refractivity contribution in [3.8, 4) is 11.5 Å². The Labute approximate surface area is 151 Å². The second kappa shape index (κ2) is 7.85. The Kier molecular flexibility index (Phi) is 5.36. The van der Waals surface area contributed by atoms with Crippen LogP contribution < -0.4 is 14.8 Å². The van der Waals surface area contributed by atoms with Crippen LogP contribution in [-0.4, -0.2) is 13.0 Å². The molecule has 3 aromatic rings. The lowest BCUT2D eigenvalue weighted by Gasteiger charge is -2.08. The van der Waals surface area contributed by atoms with Crippen LogP contribution in [0, 0.1) is 6.92 Å². The number of benzene rings is 2. The first-order valence-corrected chi connectivity index (χ1v) is 8.75. The van der Waals surface area contributed by atoms with E-state index >= 15 is 0 Å². The summed E-state index contributed by atoms with van der Waals surface area (Å²) in [5, 5.41) is 4.82. The van der Waals surface area contributed by atoms with Crippen LogP contribution in [-0.2, 0) is 6.61 Å². The van der Waals surface area contributed by atoms with E-state index in [0.29, 0.717) is 22.9 Å². The summed E-state index contributed by atoms with van der Waals surface area (Å²) in [5.41, 5.74) is 2.78. The largest absolute Gasteiger partial charge is 0.495 e. The van der Waals surface area contributed by atoms with Crippen molar-refractivity contribution in [1.82, 2.24) is 0 Å². The van der Waals surface area contributed by atoms with Crippen LogP contribution in [0.15, 0.2) is 60.0 Å². The van der Waals surface area contributed by atoms with Gasteiger partial charge in [0, 0.05) is 5.56 Å². The van der Waals surface area contributed by atoms with Crippen molar-refractivity contribution in [1.29, 1.82) is 0 Å². The fraction of sp³-hybridized carbons (Fsp3) is 0.150. The first-order chi connectivity index (χ1) is 12.2. The fourth-order valence-electron chi connectivity index (χ4n) is 2.37. The number of para-hydroxylation sites is 2. The molecule has 0 spiro atoms. The molecule has 1 N–H and O–H groups in total. The number of ether oxygens (including phenoxy) is 2. The van der Waals surface area contributed by atoms with Gasteiger partial charge in [-0.2, -0.15) is 0 Å². The Bertz CT molecular complexity index is 873. The lowest BCUT2D eigenvalue weighted by atomic mass is 10.2. The Morgan fingerprint density at radius 1 is 1.12 bits per heavy atom. The zero-order valence-corrected chi connectivity index (χ0v) is 14.9. The molecule has 1 aromatic heterocycles. The van der Waals surface area contributed by atoms with Crippen molar-refractivity contribution in [3.63, 3.8) is 0 Å². The molecule has 5 heteroatoms. The van der Waals surface area contributed by atoms with Crippen LogP contribution in [0.4, 0.5) is 5.69 Å². The van der Waals surface area contributed by atoms with E-state index in [1.165, 1.54) is 11.3 Å². The number of aryl methyl sites for hydroxylation is 1. The molecule has 0 unspecified atom stereocenters. The van der Waals surface area contributed by atoms with Crippen LogP contribution in [0.5, 0.6) is 11.5 Å². The highest BCUT2D eigenvalue weighted by Crippen LogP contribution is 2.25. The molecular weight excluding hydrogens is 334 g/mol. The predicted molar refractivity (Wildman–Crippen MR) is 101 cm³/mol. The van der Waals surface area contributed by atoms with Gasteiger partial charge >= 0.3 is 0 Å². The van der Waals surface area contributed by atoms with Gasteiger partial charge in [0.15, 0.2) is 0 Å². The number of rotatable bonds is 6. The van der Waals surface area contributed by atoms with Gasteiger partial charge < -0.3 is 14.8 Å². The SMILES string of the molecule is COc1ccccc1NC(=O)c1cc(COc2cccc(C)c2)cs1. The summed E-state index contributed by atoms with van der Waals surface area (Å²) >= 11 is 1.40. The molecule has 0 saturated carbocycles. The van der Waals surface area contributed by atoms with Crippen LogP contribution in [0.3, 0.4) is 0 Å². The van der Waals surface area contributed by atoms with E-state index in [-0.39, 0.29) is 5.91 Å². The Morgan fingerprint density at radius 2 is 1.96 bits per heavy atom. The van der Waals surface area contributed by atoms with E-state index in [9.17, 15) is 4.79 Å². The molecule has 25 heavy (non-hydrogen) atoms. The smallest absolute Gasteiger partial charge is 0.265 e. The van der Waals surface area contributed by atoms with Gasteiger partial charge in [-0.3, -0.25) is 4.79 Å². The molecule has 4 nitrogen and oxygen atoms in total. The summed E-state index contributed by atoms with van der Waals surface area (Å²) in [7, 11) is 1.58. The average Bonchev–Trinajstić information content (AvgIpc) is 3.10. The summed E-state index contributed by atoms with van der Waals surface area (Å²) in [4.78, 5) is 13.1. The van der Waals surface area contributed by atoms with Crippen molar-refractivity contribution < 1.29 is 14.3 Å². The van der Waals surface area contributed by atoms with Crippen molar-refractivity contribution in [2.75, 3.05) is 12.4 Å². The molecular formula is C20H19NO3S. The third kappa shape index (κ3) is 4.39. The highest BCUT2D eigenvalue weighted by atomic mass is 32.1. The Balaban J connectivity index is 1.63. The zero-order valence-electron chi connectivity index (χ0n) is 14.1. The van der Waals surface area contributed by atoms with E-state index in [0.717, 1.165) is 16.9 Å². The van der Waals surface area contributed by atoms with Gasteiger partial charge in [0.1, 0.15) is 18.1 Å². The number of carbonyl (C=O) groups excluding carboxylic acids is 1. The maximum Gasteiger partial charge on any atom is 0.265 e. The molecule has 0 aliphatic heterocycles. The highest BCUT2D eigenvalue weighted by Gasteiger charge is 2.12. The number of thiophene rings is 1. The van der Waals surface area contributed by atoms with Crippen LogP contribution in [0.1, 0.15) is 20.8 Å². The summed E-state index contributed by atoms with van der Waals surface area (Å²) in [6.07, 6.45) is 0. The molecule has 1 heterocycles. The maximum atomic E-state index is 12.4. The molecule has 128 valence electrons.